The van der Waals surface area contributed by atoms with Gasteiger partial charge in [0.15, 0.2) is 11.5 Å². The number of amides is 1. The lowest BCUT2D eigenvalue weighted by molar-refractivity contribution is -0.122. The SMILES string of the molecule is CCOc1ccc(-c2ccc(=O)n(CC(=O)NCc3ccc4c(c3)OCO4)n2)cc1. The van der Waals surface area contributed by atoms with Crippen molar-refractivity contribution in [3.63, 3.8) is 0 Å². The van der Waals surface area contributed by atoms with E-state index in [-0.39, 0.29) is 24.8 Å². The molecule has 2 aromatic carbocycles. The number of fused-ring (bicyclic) bond motifs is 1. The van der Waals surface area contributed by atoms with Crippen LogP contribution in [-0.4, -0.2) is 29.1 Å². The molecule has 0 radical (unpaired) electrons. The van der Waals surface area contributed by atoms with E-state index in [0.29, 0.717) is 30.3 Å². The van der Waals surface area contributed by atoms with E-state index in [2.05, 4.69) is 10.4 Å². The summed E-state index contributed by atoms with van der Waals surface area (Å²) in [5.74, 6) is 1.79. The highest BCUT2D eigenvalue weighted by atomic mass is 16.7. The van der Waals surface area contributed by atoms with Gasteiger partial charge in [0.2, 0.25) is 12.7 Å². The predicted molar refractivity (Wildman–Crippen MR) is 110 cm³/mol. The molecular formula is C22H21N3O5. The highest BCUT2D eigenvalue weighted by Gasteiger charge is 2.14. The van der Waals surface area contributed by atoms with Gasteiger partial charge < -0.3 is 19.5 Å². The van der Waals surface area contributed by atoms with Crippen LogP contribution >= 0.6 is 0 Å². The molecule has 0 spiro atoms. The summed E-state index contributed by atoms with van der Waals surface area (Å²) in [5, 5.41) is 7.12. The Morgan fingerprint density at radius 3 is 2.70 bits per heavy atom. The van der Waals surface area contributed by atoms with Gasteiger partial charge in [-0.25, -0.2) is 4.68 Å². The van der Waals surface area contributed by atoms with Gasteiger partial charge >= 0.3 is 0 Å². The first-order valence-electron chi connectivity index (χ1n) is 9.59. The molecule has 0 atom stereocenters. The average molecular weight is 407 g/mol. The Morgan fingerprint density at radius 1 is 1.10 bits per heavy atom. The van der Waals surface area contributed by atoms with Crippen molar-refractivity contribution in [2.45, 2.75) is 20.0 Å². The lowest BCUT2D eigenvalue weighted by Crippen LogP contribution is -2.33. The van der Waals surface area contributed by atoms with E-state index in [9.17, 15) is 9.59 Å². The van der Waals surface area contributed by atoms with E-state index in [0.717, 1.165) is 21.6 Å². The second-order valence-electron chi connectivity index (χ2n) is 6.64. The maximum absolute atomic E-state index is 12.4. The summed E-state index contributed by atoms with van der Waals surface area (Å²) >= 11 is 0. The van der Waals surface area contributed by atoms with Gasteiger partial charge in [-0.3, -0.25) is 9.59 Å². The van der Waals surface area contributed by atoms with E-state index in [1.54, 1.807) is 12.1 Å². The zero-order valence-corrected chi connectivity index (χ0v) is 16.5. The molecule has 4 rings (SSSR count). The molecule has 0 saturated heterocycles. The Balaban J connectivity index is 1.41. The first-order chi connectivity index (χ1) is 14.6. The molecule has 0 aliphatic carbocycles. The van der Waals surface area contributed by atoms with E-state index < -0.39 is 0 Å². The van der Waals surface area contributed by atoms with E-state index in [1.807, 2.05) is 43.3 Å². The molecule has 1 aliphatic rings. The van der Waals surface area contributed by atoms with Crippen LogP contribution in [0.2, 0.25) is 0 Å². The summed E-state index contributed by atoms with van der Waals surface area (Å²) in [4.78, 5) is 24.5. The van der Waals surface area contributed by atoms with Gasteiger partial charge in [0, 0.05) is 18.2 Å². The molecular weight excluding hydrogens is 386 g/mol. The Hall–Kier alpha value is -3.81. The molecule has 0 saturated carbocycles. The monoisotopic (exact) mass is 407 g/mol. The maximum Gasteiger partial charge on any atom is 0.267 e. The fraction of sp³-hybridized carbons (Fsp3) is 0.227. The van der Waals surface area contributed by atoms with Crippen molar-refractivity contribution in [1.29, 1.82) is 0 Å². The molecule has 2 heterocycles. The standard InChI is InChI=1S/C22H21N3O5/c1-2-28-17-6-4-16(5-7-17)18-8-10-22(27)25(24-18)13-21(26)23-12-15-3-9-19-20(11-15)30-14-29-19/h3-11H,2,12-14H2,1H3,(H,23,26). The van der Waals surface area contributed by atoms with Gasteiger partial charge in [-0.2, -0.15) is 5.10 Å². The van der Waals surface area contributed by atoms with Crippen LogP contribution in [0.1, 0.15) is 12.5 Å². The number of nitrogens with one attached hydrogen (secondary N) is 1. The molecule has 3 aromatic rings. The Morgan fingerprint density at radius 2 is 1.90 bits per heavy atom. The number of benzene rings is 2. The van der Waals surface area contributed by atoms with Gasteiger partial charge in [0.1, 0.15) is 12.3 Å². The lowest BCUT2D eigenvalue weighted by Gasteiger charge is -2.09. The topological polar surface area (TPSA) is 91.7 Å². The van der Waals surface area contributed by atoms with Crippen LogP contribution in [0.25, 0.3) is 11.3 Å². The van der Waals surface area contributed by atoms with Crippen molar-refractivity contribution in [3.05, 3.63) is 70.5 Å². The van der Waals surface area contributed by atoms with Gasteiger partial charge in [-0.05, 0) is 55.0 Å². The highest BCUT2D eigenvalue weighted by molar-refractivity contribution is 5.75. The van der Waals surface area contributed by atoms with Gasteiger partial charge in [-0.1, -0.05) is 6.07 Å². The summed E-state index contributed by atoms with van der Waals surface area (Å²) < 4.78 is 17.2. The van der Waals surface area contributed by atoms with E-state index in [4.69, 9.17) is 14.2 Å². The number of aromatic nitrogens is 2. The molecule has 30 heavy (non-hydrogen) atoms. The zero-order chi connectivity index (χ0) is 20.9. The molecule has 1 aliphatic heterocycles. The highest BCUT2D eigenvalue weighted by Crippen LogP contribution is 2.32. The average Bonchev–Trinajstić information content (AvgIpc) is 3.23. The van der Waals surface area contributed by atoms with Gasteiger partial charge in [-0.15, -0.1) is 0 Å². The van der Waals surface area contributed by atoms with Crippen molar-refractivity contribution >= 4 is 5.91 Å². The van der Waals surface area contributed by atoms with Crippen molar-refractivity contribution in [2.24, 2.45) is 0 Å². The minimum Gasteiger partial charge on any atom is -0.494 e. The summed E-state index contributed by atoms with van der Waals surface area (Å²) in [6, 6.07) is 15.9. The zero-order valence-electron chi connectivity index (χ0n) is 16.5. The van der Waals surface area contributed by atoms with Crippen molar-refractivity contribution < 1.29 is 19.0 Å². The van der Waals surface area contributed by atoms with Crippen LogP contribution in [0.5, 0.6) is 17.2 Å². The molecule has 0 fully saturated rings. The third-order valence-corrected chi connectivity index (χ3v) is 4.55. The van der Waals surface area contributed by atoms with Crippen molar-refractivity contribution in [2.75, 3.05) is 13.4 Å². The Labute approximate surface area is 173 Å². The largest absolute Gasteiger partial charge is 0.494 e. The number of ether oxygens (including phenoxy) is 3. The van der Waals surface area contributed by atoms with E-state index >= 15 is 0 Å². The van der Waals surface area contributed by atoms with Crippen LogP contribution in [0.15, 0.2) is 59.4 Å². The number of carbonyl (C=O) groups is 1. The smallest absolute Gasteiger partial charge is 0.267 e. The van der Waals surface area contributed by atoms with Crippen molar-refractivity contribution in [3.8, 4) is 28.5 Å². The molecule has 0 unspecified atom stereocenters. The third kappa shape index (κ3) is 4.43. The van der Waals surface area contributed by atoms with Crippen LogP contribution in [-0.2, 0) is 17.9 Å². The minimum atomic E-state index is -0.345. The first kappa shape index (κ1) is 19.5. The number of carbonyl (C=O) groups excluding carboxylic acids is 1. The molecule has 1 N–H and O–H groups in total. The van der Waals surface area contributed by atoms with Crippen molar-refractivity contribution in [1.82, 2.24) is 15.1 Å². The number of rotatable bonds is 7. The molecule has 8 nitrogen and oxygen atoms in total. The Kier molecular flexibility index (Phi) is 5.65. The molecule has 1 aromatic heterocycles. The molecule has 0 bridgehead atoms. The summed E-state index contributed by atoms with van der Waals surface area (Å²) in [6.07, 6.45) is 0. The van der Waals surface area contributed by atoms with Gasteiger partial charge in [0.05, 0.1) is 12.3 Å². The van der Waals surface area contributed by atoms with Crippen LogP contribution in [0.3, 0.4) is 0 Å². The third-order valence-electron chi connectivity index (χ3n) is 4.55. The number of hydrogen-bond acceptors (Lipinski definition) is 6. The van der Waals surface area contributed by atoms with E-state index in [1.165, 1.54) is 6.07 Å². The normalized spacial score (nSPS) is 11.9. The second-order valence-corrected chi connectivity index (χ2v) is 6.64. The number of nitrogens with zero attached hydrogens (tertiary/aromatic N) is 2. The maximum atomic E-state index is 12.4. The van der Waals surface area contributed by atoms with Gasteiger partial charge in [0.25, 0.3) is 5.56 Å². The molecule has 1 amide bonds. The second kappa shape index (κ2) is 8.69. The van der Waals surface area contributed by atoms with Crippen LogP contribution in [0.4, 0.5) is 0 Å². The molecule has 154 valence electrons. The predicted octanol–water partition coefficient (Wildman–Crippen LogP) is 2.35. The lowest BCUT2D eigenvalue weighted by atomic mass is 10.1. The minimum absolute atomic E-state index is 0.172. The van der Waals surface area contributed by atoms with Crippen LogP contribution < -0.4 is 25.1 Å². The number of hydrogen-bond donors (Lipinski definition) is 1. The quantitative estimate of drug-likeness (QED) is 0.647. The summed E-state index contributed by atoms with van der Waals surface area (Å²) in [7, 11) is 0. The first-order valence-corrected chi connectivity index (χ1v) is 9.59. The molecule has 8 heteroatoms. The van der Waals surface area contributed by atoms with Crippen LogP contribution in [0, 0.1) is 0 Å². The summed E-state index contributed by atoms with van der Waals surface area (Å²) in [5.41, 5.74) is 1.95. The fourth-order valence-electron chi connectivity index (χ4n) is 3.05. The Bertz CT molecular complexity index is 1110. The summed E-state index contributed by atoms with van der Waals surface area (Å²) in [6.45, 7) is 2.84. The fourth-order valence-corrected chi connectivity index (χ4v) is 3.05.